The van der Waals surface area contributed by atoms with Crippen molar-refractivity contribution < 1.29 is 4.74 Å². The zero-order valence-electron chi connectivity index (χ0n) is 11.5. The lowest BCUT2D eigenvalue weighted by Crippen LogP contribution is -2.24. The summed E-state index contributed by atoms with van der Waals surface area (Å²) in [6.45, 7) is 5.89. The van der Waals surface area contributed by atoms with Gasteiger partial charge in [-0.1, -0.05) is 0 Å². The van der Waals surface area contributed by atoms with Crippen molar-refractivity contribution in [2.45, 2.75) is 36.6 Å². The van der Waals surface area contributed by atoms with Gasteiger partial charge in [0.2, 0.25) is 5.88 Å². The van der Waals surface area contributed by atoms with E-state index in [-0.39, 0.29) is 5.60 Å². The third-order valence-corrected chi connectivity index (χ3v) is 3.25. The Kier molecular flexibility index (Phi) is 3.71. The minimum Gasteiger partial charge on any atom is -0.470 e. The second-order valence-electron chi connectivity index (χ2n) is 5.18. The van der Waals surface area contributed by atoms with Crippen molar-refractivity contribution in [3.05, 3.63) is 24.5 Å². The third-order valence-electron chi connectivity index (χ3n) is 2.24. The number of hydrogen-bond donors (Lipinski definition) is 1. The maximum absolute atomic E-state index is 5.88. The molecule has 2 rings (SSSR count). The summed E-state index contributed by atoms with van der Waals surface area (Å²) in [4.78, 5) is 8.69. The molecule has 0 aliphatic carbocycles. The highest BCUT2D eigenvalue weighted by Crippen LogP contribution is 2.30. The molecule has 0 atom stereocenters. The Bertz CT molecular complexity index is 574. The molecule has 0 unspecified atom stereocenters. The van der Waals surface area contributed by atoms with Gasteiger partial charge in [-0.15, -0.1) is 0 Å². The van der Waals surface area contributed by atoms with Crippen LogP contribution in [0.25, 0.3) is 0 Å². The van der Waals surface area contributed by atoms with E-state index in [0.29, 0.717) is 11.6 Å². The number of nitrogens with two attached hydrogens (primary N) is 1. The maximum Gasteiger partial charge on any atom is 0.238 e. The zero-order valence-corrected chi connectivity index (χ0v) is 12.4. The molecule has 0 bridgehead atoms. The number of aryl methyl sites for hydroxylation is 1. The topological polar surface area (TPSA) is 66.0 Å². The number of imidazole rings is 1. The number of nitrogen functional groups attached to an aromatic ring is 1. The summed E-state index contributed by atoms with van der Waals surface area (Å²) < 4.78 is 7.68. The lowest BCUT2D eigenvalue weighted by molar-refractivity contribution is 0.124. The maximum atomic E-state index is 5.88. The summed E-state index contributed by atoms with van der Waals surface area (Å²) in [6, 6.07) is 3.67. The number of anilines is 1. The van der Waals surface area contributed by atoms with Gasteiger partial charge < -0.3 is 15.0 Å². The minimum absolute atomic E-state index is 0.326. The van der Waals surface area contributed by atoms with E-state index in [1.54, 1.807) is 12.3 Å². The Balaban J connectivity index is 2.24. The summed E-state index contributed by atoms with van der Waals surface area (Å²) >= 11 is 1.47. The third kappa shape index (κ3) is 3.64. The monoisotopic (exact) mass is 278 g/mol. The predicted octanol–water partition coefficient (Wildman–Crippen LogP) is 2.73. The van der Waals surface area contributed by atoms with Crippen LogP contribution >= 0.6 is 11.8 Å². The normalized spacial score (nSPS) is 11.6. The van der Waals surface area contributed by atoms with Gasteiger partial charge in [-0.05, 0) is 44.7 Å². The largest absolute Gasteiger partial charge is 0.470 e. The number of nitrogens with zero attached hydrogens (tertiary/aromatic N) is 3. The van der Waals surface area contributed by atoms with Crippen molar-refractivity contribution >= 4 is 17.4 Å². The Morgan fingerprint density at radius 3 is 2.63 bits per heavy atom. The summed E-state index contributed by atoms with van der Waals surface area (Å²) in [5.74, 6) is 0.465. The van der Waals surface area contributed by atoms with Crippen LogP contribution in [0.2, 0.25) is 0 Å². The van der Waals surface area contributed by atoms with Gasteiger partial charge in [0.15, 0.2) is 5.16 Å². The molecule has 0 aromatic carbocycles. The van der Waals surface area contributed by atoms with Crippen LogP contribution in [0.5, 0.6) is 5.88 Å². The lowest BCUT2D eigenvalue weighted by atomic mass is 10.2. The molecule has 0 spiro atoms. The van der Waals surface area contributed by atoms with E-state index >= 15 is 0 Å². The first-order valence-electron chi connectivity index (χ1n) is 5.96. The van der Waals surface area contributed by atoms with E-state index < -0.39 is 0 Å². The van der Waals surface area contributed by atoms with Crippen LogP contribution in [0.1, 0.15) is 20.8 Å². The molecule has 0 aliphatic heterocycles. The molecule has 0 aliphatic rings. The van der Waals surface area contributed by atoms with E-state index in [2.05, 4.69) is 9.97 Å². The first-order valence-corrected chi connectivity index (χ1v) is 6.77. The zero-order chi connectivity index (χ0) is 14.0. The molecular formula is C13H18N4OS. The second-order valence-corrected chi connectivity index (χ2v) is 6.17. The molecule has 6 heteroatoms. The van der Waals surface area contributed by atoms with Gasteiger partial charge in [0.05, 0.1) is 5.69 Å². The van der Waals surface area contributed by atoms with Crippen LogP contribution in [-0.2, 0) is 7.05 Å². The van der Waals surface area contributed by atoms with Gasteiger partial charge in [0.25, 0.3) is 0 Å². The highest BCUT2D eigenvalue weighted by Gasteiger charge is 2.16. The van der Waals surface area contributed by atoms with Crippen LogP contribution in [-0.4, -0.2) is 20.1 Å². The first-order chi connectivity index (χ1) is 8.85. The van der Waals surface area contributed by atoms with E-state index in [4.69, 9.17) is 10.5 Å². The van der Waals surface area contributed by atoms with E-state index in [0.717, 1.165) is 10.2 Å². The van der Waals surface area contributed by atoms with E-state index in [1.165, 1.54) is 11.8 Å². The van der Waals surface area contributed by atoms with Crippen LogP contribution < -0.4 is 10.5 Å². The number of rotatable bonds is 3. The fourth-order valence-electron chi connectivity index (χ4n) is 1.41. The van der Waals surface area contributed by atoms with Crippen molar-refractivity contribution in [1.29, 1.82) is 0 Å². The summed E-state index contributed by atoms with van der Waals surface area (Å²) in [6.07, 6.45) is 3.65. The van der Waals surface area contributed by atoms with Gasteiger partial charge >= 0.3 is 0 Å². The number of hydrogen-bond acceptors (Lipinski definition) is 5. The van der Waals surface area contributed by atoms with Crippen LogP contribution in [0.3, 0.4) is 0 Å². The van der Waals surface area contributed by atoms with Crippen molar-refractivity contribution in [1.82, 2.24) is 14.5 Å². The molecule has 0 radical (unpaired) electrons. The summed E-state index contributed by atoms with van der Waals surface area (Å²) in [7, 11) is 1.94. The van der Waals surface area contributed by atoms with Crippen molar-refractivity contribution in [3.63, 3.8) is 0 Å². The van der Waals surface area contributed by atoms with Gasteiger partial charge in [0.1, 0.15) is 10.6 Å². The average Bonchev–Trinajstić information content (AvgIpc) is 2.67. The number of aromatic nitrogens is 3. The second kappa shape index (κ2) is 5.13. The Morgan fingerprint density at radius 2 is 2.05 bits per heavy atom. The number of pyridine rings is 1. The van der Waals surface area contributed by atoms with E-state index in [1.807, 2.05) is 44.6 Å². The molecule has 5 nitrogen and oxygen atoms in total. The molecule has 102 valence electrons. The van der Waals surface area contributed by atoms with Crippen LogP contribution in [0.4, 0.5) is 5.69 Å². The molecule has 0 saturated carbocycles. The van der Waals surface area contributed by atoms with Gasteiger partial charge in [-0.25, -0.2) is 9.97 Å². The Hall–Kier alpha value is -1.69. The smallest absolute Gasteiger partial charge is 0.238 e. The van der Waals surface area contributed by atoms with Crippen molar-refractivity contribution in [2.75, 3.05) is 5.73 Å². The Morgan fingerprint density at radius 1 is 1.32 bits per heavy atom. The molecule has 19 heavy (non-hydrogen) atoms. The molecule has 2 N–H and O–H groups in total. The van der Waals surface area contributed by atoms with Crippen molar-refractivity contribution in [2.24, 2.45) is 7.05 Å². The molecule has 2 aromatic heterocycles. The fraction of sp³-hybridized carbons (Fsp3) is 0.385. The van der Waals surface area contributed by atoms with Gasteiger partial charge in [-0.3, -0.25) is 0 Å². The fourth-order valence-corrected chi connectivity index (χ4v) is 2.18. The molecule has 0 amide bonds. The molecule has 2 aromatic rings. The number of ether oxygens (including phenoxy) is 1. The molecule has 0 saturated heterocycles. The van der Waals surface area contributed by atoms with Crippen LogP contribution in [0.15, 0.2) is 34.7 Å². The highest BCUT2D eigenvalue weighted by molar-refractivity contribution is 7.99. The lowest BCUT2D eigenvalue weighted by Gasteiger charge is -2.21. The van der Waals surface area contributed by atoms with Crippen LogP contribution in [0, 0.1) is 0 Å². The SMILES string of the molecule is Cn1ccnc1Sc1ccc(N)c(OC(C)(C)C)n1. The first kappa shape index (κ1) is 13.7. The molecular weight excluding hydrogens is 260 g/mol. The summed E-state index contributed by atoms with van der Waals surface area (Å²) in [5.41, 5.74) is 6.10. The van der Waals surface area contributed by atoms with E-state index in [9.17, 15) is 0 Å². The average molecular weight is 278 g/mol. The standard InChI is InChI=1S/C13H18N4OS/c1-13(2,3)18-11-9(14)5-6-10(16-11)19-12-15-7-8-17(12)4/h5-8H,14H2,1-4H3. The molecule has 0 fully saturated rings. The molecule has 2 heterocycles. The summed E-state index contributed by atoms with van der Waals surface area (Å²) in [5, 5.41) is 1.68. The quantitative estimate of drug-likeness (QED) is 0.935. The Labute approximate surface area is 117 Å². The van der Waals surface area contributed by atoms with Crippen molar-refractivity contribution in [3.8, 4) is 5.88 Å². The predicted molar refractivity (Wildman–Crippen MR) is 76.4 cm³/mol. The van der Waals surface area contributed by atoms with Gasteiger partial charge in [-0.2, -0.15) is 0 Å². The van der Waals surface area contributed by atoms with Gasteiger partial charge in [0, 0.05) is 19.4 Å². The minimum atomic E-state index is -0.326. The highest BCUT2D eigenvalue weighted by atomic mass is 32.2.